The average Bonchev–Trinajstić information content (AvgIpc) is 3.17. The Morgan fingerprint density at radius 2 is 1.80 bits per heavy atom. The quantitative estimate of drug-likeness (QED) is 0.740. The lowest BCUT2D eigenvalue weighted by Gasteiger charge is -2.33. The second kappa shape index (κ2) is 8.49. The van der Waals surface area contributed by atoms with E-state index in [1.54, 1.807) is 28.6 Å². The van der Waals surface area contributed by atoms with Crippen LogP contribution >= 0.6 is 0 Å². The third-order valence-electron chi connectivity index (χ3n) is 5.75. The molecule has 7 nitrogen and oxygen atoms in total. The normalized spacial score (nSPS) is 21.0. The summed E-state index contributed by atoms with van der Waals surface area (Å²) in [5.74, 6) is -0.568. The maximum absolute atomic E-state index is 13.2. The van der Waals surface area contributed by atoms with E-state index < -0.39 is 10.0 Å². The van der Waals surface area contributed by atoms with E-state index in [1.807, 2.05) is 0 Å². The molecule has 4 rings (SSSR count). The van der Waals surface area contributed by atoms with Crippen LogP contribution in [-0.2, 0) is 21.8 Å². The molecule has 1 amide bonds. The maximum Gasteiger partial charge on any atom is 0.270 e. The zero-order chi connectivity index (χ0) is 21.3. The molecule has 1 unspecified atom stereocenters. The fourth-order valence-corrected chi connectivity index (χ4v) is 5.61. The zero-order valence-electron chi connectivity index (χ0n) is 17.0. The number of morpholine rings is 1. The van der Waals surface area contributed by atoms with E-state index in [9.17, 15) is 17.6 Å². The molecule has 3 heterocycles. The lowest BCUT2D eigenvalue weighted by molar-refractivity contribution is -0.0231. The average molecular weight is 436 g/mol. The van der Waals surface area contributed by atoms with Gasteiger partial charge in [0.1, 0.15) is 22.5 Å². The summed E-state index contributed by atoms with van der Waals surface area (Å²) < 4.78 is 47.9. The Morgan fingerprint density at radius 1 is 1.10 bits per heavy atom. The molecule has 0 N–H and O–H groups in total. The zero-order valence-corrected chi connectivity index (χ0v) is 17.8. The topological polar surface area (TPSA) is 71.9 Å². The van der Waals surface area contributed by atoms with Crippen LogP contribution in [0.5, 0.6) is 0 Å². The molecule has 30 heavy (non-hydrogen) atoms. The Morgan fingerprint density at radius 3 is 2.50 bits per heavy atom. The summed E-state index contributed by atoms with van der Waals surface area (Å²) in [5, 5.41) is 0. The Hall–Kier alpha value is -2.23. The van der Waals surface area contributed by atoms with Gasteiger partial charge in [-0.15, -0.1) is 0 Å². The van der Waals surface area contributed by atoms with Gasteiger partial charge in [-0.05, 0) is 36.6 Å². The minimum Gasteiger partial charge on any atom is -0.370 e. The van der Waals surface area contributed by atoms with Gasteiger partial charge in [0, 0.05) is 32.9 Å². The number of amides is 1. The molecule has 162 valence electrons. The first kappa shape index (κ1) is 21.0. The van der Waals surface area contributed by atoms with Crippen LogP contribution < -0.4 is 0 Å². The van der Waals surface area contributed by atoms with Crippen LogP contribution in [0, 0.1) is 5.82 Å². The smallest absolute Gasteiger partial charge is 0.270 e. The first-order chi connectivity index (χ1) is 14.4. The Labute approximate surface area is 176 Å². The first-order valence-electron chi connectivity index (χ1n) is 10.2. The summed E-state index contributed by atoms with van der Waals surface area (Å²) in [5.41, 5.74) is 1.12. The monoisotopic (exact) mass is 435 g/mol. The van der Waals surface area contributed by atoms with Crippen LogP contribution in [0.25, 0.3) is 0 Å². The molecule has 1 aromatic carbocycles. The highest BCUT2D eigenvalue weighted by atomic mass is 32.2. The Kier molecular flexibility index (Phi) is 5.95. The van der Waals surface area contributed by atoms with Crippen LogP contribution in [0.4, 0.5) is 4.39 Å². The van der Waals surface area contributed by atoms with E-state index in [1.165, 1.54) is 28.7 Å². The number of halogens is 1. The molecule has 0 bridgehead atoms. The number of ether oxygens (including phenoxy) is 1. The van der Waals surface area contributed by atoms with Gasteiger partial charge in [-0.1, -0.05) is 18.6 Å². The molecule has 2 aliphatic rings. The lowest BCUT2D eigenvalue weighted by Crippen LogP contribution is -2.42. The molecule has 0 saturated carbocycles. The number of aromatic nitrogens is 1. The fourth-order valence-electron chi connectivity index (χ4n) is 4.02. The highest BCUT2D eigenvalue weighted by Crippen LogP contribution is 2.26. The highest BCUT2D eigenvalue weighted by Gasteiger charge is 2.31. The predicted molar refractivity (Wildman–Crippen MR) is 109 cm³/mol. The van der Waals surface area contributed by atoms with Crippen LogP contribution in [0.2, 0.25) is 0 Å². The molecule has 0 radical (unpaired) electrons. The second-order valence-corrected chi connectivity index (χ2v) is 9.74. The highest BCUT2D eigenvalue weighted by molar-refractivity contribution is 7.89. The third-order valence-corrected chi connectivity index (χ3v) is 7.61. The summed E-state index contributed by atoms with van der Waals surface area (Å²) in [6, 6.07) is 7.51. The summed E-state index contributed by atoms with van der Waals surface area (Å²) in [4.78, 5) is 15.0. The van der Waals surface area contributed by atoms with Gasteiger partial charge in [-0.3, -0.25) is 4.79 Å². The minimum absolute atomic E-state index is 0.151. The Bertz CT molecular complexity index is 1010. The van der Waals surface area contributed by atoms with Crippen molar-refractivity contribution in [2.45, 2.75) is 30.3 Å². The number of rotatable bonds is 4. The molecule has 0 spiro atoms. The number of carbonyl (C=O) groups excluding carboxylic acids is 1. The number of hydrogen-bond donors (Lipinski definition) is 0. The van der Waals surface area contributed by atoms with Crippen molar-refractivity contribution in [3.05, 3.63) is 53.6 Å². The van der Waals surface area contributed by atoms with E-state index in [4.69, 9.17) is 4.74 Å². The van der Waals surface area contributed by atoms with Crippen LogP contribution in [0.3, 0.4) is 0 Å². The number of nitrogens with zero attached hydrogens (tertiary/aromatic N) is 3. The maximum atomic E-state index is 13.2. The van der Waals surface area contributed by atoms with E-state index in [0.717, 1.165) is 24.8 Å². The number of piperidine rings is 1. The van der Waals surface area contributed by atoms with Crippen molar-refractivity contribution < 1.29 is 22.3 Å². The summed E-state index contributed by atoms with van der Waals surface area (Å²) >= 11 is 0. The number of benzene rings is 1. The molecule has 2 saturated heterocycles. The van der Waals surface area contributed by atoms with Crippen molar-refractivity contribution in [1.29, 1.82) is 0 Å². The van der Waals surface area contributed by atoms with Crippen molar-refractivity contribution >= 4 is 15.9 Å². The number of carbonyl (C=O) groups is 1. The van der Waals surface area contributed by atoms with Gasteiger partial charge in [0.05, 0.1) is 13.2 Å². The van der Waals surface area contributed by atoms with Crippen molar-refractivity contribution in [2.24, 2.45) is 7.05 Å². The molecule has 2 aliphatic heterocycles. The summed E-state index contributed by atoms with van der Waals surface area (Å²) in [6.45, 7) is 2.13. The molecular formula is C21H26FN3O4S. The standard InChI is InChI=1S/C21H26FN3O4S/c1-23-14-18(30(27,28)25-9-3-2-4-10-25)13-19(23)21(26)24-11-12-29-20(15-24)16-5-7-17(22)8-6-16/h5-8,13-14,20H,2-4,9-12,15H2,1H3. The van der Waals surface area contributed by atoms with E-state index in [2.05, 4.69) is 0 Å². The van der Waals surface area contributed by atoms with Crippen LogP contribution in [0.15, 0.2) is 41.4 Å². The molecule has 1 aromatic heterocycles. The van der Waals surface area contributed by atoms with Crippen LogP contribution in [0.1, 0.15) is 41.4 Å². The predicted octanol–water partition coefficient (Wildman–Crippen LogP) is 2.55. The van der Waals surface area contributed by atoms with E-state index in [0.29, 0.717) is 38.5 Å². The van der Waals surface area contributed by atoms with Crippen molar-refractivity contribution in [3.63, 3.8) is 0 Å². The van der Waals surface area contributed by atoms with Crippen molar-refractivity contribution in [1.82, 2.24) is 13.8 Å². The third kappa shape index (κ3) is 4.14. The summed E-state index contributed by atoms with van der Waals surface area (Å²) in [6.07, 6.45) is 3.92. The molecule has 0 aliphatic carbocycles. The Balaban J connectivity index is 1.52. The number of sulfonamides is 1. The fraction of sp³-hybridized carbons (Fsp3) is 0.476. The van der Waals surface area contributed by atoms with E-state index >= 15 is 0 Å². The number of hydrogen-bond acceptors (Lipinski definition) is 4. The van der Waals surface area contributed by atoms with Gasteiger partial charge in [-0.25, -0.2) is 12.8 Å². The molecular weight excluding hydrogens is 409 g/mol. The molecule has 9 heteroatoms. The lowest BCUT2D eigenvalue weighted by atomic mass is 10.1. The van der Waals surface area contributed by atoms with Gasteiger partial charge in [0.25, 0.3) is 5.91 Å². The van der Waals surface area contributed by atoms with E-state index in [-0.39, 0.29) is 22.7 Å². The molecule has 2 fully saturated rings. The van der Waals surface area contributed by atoms with Crippen molar-refractivity contribution in [2.75, 3.05) is 32.8 Å². The number of aryl methyl sites for hydroxylation is 1. The minimum atomic E-state index is -3.60. The van der Waals surface area contributed by atoms with Crippen molar-refractivity contribution in [3.8, 4) is 0 Å². The largest absolute Gasteiger partial charge is 0.370 e. The second-order valence-electron chi connectivity index (χ2n) is 7.80. The van der Waals surface area contributed by atoms with Crippen LogP contribution in [-0.4, -0.2) is 60.9 Å². The van der Waals surface area contributed by atoms with Gasteiger partial charge in [0.15, 0.2) is 0 Å². The first-order valence-corrected chi connectivity index (χ1v) is 11.6. The SMILES string of the molecule is Cn1cc(S(=O)(=O)N2CCCCC2)cc1C(=O)N1CCOC(c2ccc(F)cc2)C1. The van der Waals surface area contributed by atoms with Gasteiger partial charge >= 0.3 is 0 Å². The summed E-state index contributed by atoms with van der Waals surface area (Å²) in [7, 11) is -1.92. The molecule has 2 aromatic rings. The molecule has 1 atom stereocenters. The van der Waals surface area contributed by atoms with Gasteiger partial charge in [-0.2, -0.15) is 4.31 Å². The van der Waals surface area contributed by atoms with Gasteiger partial charge in [0.2, 0.25) is 10.0 Å². The van der Waals surface area contributed by atoms with Gasteiger partial charge < -0.3 is 14.2 Å².